The summed E-state index contributed by atoms with van der Waals surface area (Å²) in [5, 5.41) is 11.8. The smallest absolute Gasteiger partial charge is 0.247 e. The van der Waals surface area contributed by atoms with Crippen molar-refractivity contribution in [1.29, 1.82) is 5.26 Å². The highest BCUT2D eigenvalue weighted by Crippen LogP contribution is 2.24. The van der Waals surface area contributed by atoms with Gasteiger partial charge in [0, 0.05) is 18.1 Å². The standard InChI is InChI=1S/C19H16N4O2/c1-14(23-10-9-21-13-23)19(24)22-16-5-7-17(8-6-16)25-18-4-2-3-15(11-18)12-20/h2-11,13-14H,1H3,(H,22,24). The summed E-state index contributed by atoms with van der Waals surface area (Å²) in [6, 6.07) is 15.7. The second-order valence-electron chi connectivity index (χ2n) is 5.44. The molecule has 1 aromatic heterocycles. The topological polar surface area (TPSA) is 79.9 Å². The predicted molar refractivity (Wildman–Crippen MR) is 93.2 cm³/mol. The normalized spacial score (nSPS) is 11.4. The third-order valence-electron chi connectivity index (χ3n) is 3.67. The summed E-state index contributed by atoms with van der Waals surface area (Å²) in [7, 11) is 0. The molecule has 3 rings (SSSR count). The molecule has 1 unspecified atom stereocenters. The molecular formula is C19H16N4O2. The van der Waals surface area contributed by atoms with Crippen LogP contribution < -0.4 is 10.1 Å². The van der Waals surface area contributed by atoms with Crippen molar-refractivity contribution in [2.24, 2.45) is 0 Å². The number of carbonyl (C=O) groups excluding carboxylic acids is 1. The van der Waals surface area contributed by atoms with Gasteiger partial charge in [-0.3, -0.25) is 4.79 Å². The zero-order valence-electron chi connectivity index (χ0n) is 13.6. The molecule has 3 aromatic rings. The maximum absolute atomic E-state index is 12.2. The number of hydrogen-bond donors (Lipinski definition) is 1. The molecule has 1 N–H and O–H groups in total. The van der Waals surface area contributed by atoms with Gasteiger partial charge in [0.15, 0.2) is 0 Å². The van der Waals surface area contributed by atoms with Crippen LogP contribution in [-0.2, 0) is 4.79 Å². The lowest BCUT2D eigenvalue weighted by Gasteiger charge is -2.13. The number of nitriles is 1. The first-order chi connectivity index (χ1) is 12.2. The molecule has 0 aliphatic heterocycles. The van der Waals surface area contributed by atoms with Crippen molar-refractivity contribution in [1.82, 2.24) is 9.55 Å². The fraction of sp³-hybridized carbons (Fsp3) is 0.105. The lowest BCUT2D eigenvalue weighted by atomic mass is 10.2. The zero-order chi connectivity index (χ0) is 17.6. The van der Waals surface area contributed by atoms with Gasteiger partial charge < -0.3 is 14.6 Å². The van der Waals surface area contributed by atoms with Crippen molar-refractivity contribution >= 4 is 11.6 Å². The third kappa shape index (κ3) is 4.03. The van der Waals surface area contributed by atoms with E-state index in [0.717, 1.165) is 0 Å². The Bertz CT molecular complexity index is 896. The highest BCUT2D eigenvalue weighted by molar-refractivity contribution is 5.93. The summed E-state index contributed by atoms with van der Waals surface area (Å²) in [5.74, 6) is 1.08. The van der Waals surface area contributed by atoms with Crippen molar-refractivity contribution in [2.75, 3.05) is 5.32 Å². The monoisotopic (exact) mass is 332 g/mol. The Morgan fingerprint density at radius 3 is 2.72 bits per heavy atom. The Kier molecular flexibility index (Phi) is 4.77. The minimum Gasteiger partial charge on any atom is -0.457 e. The highest BCUT2D eigenvalue weighted by Gasteiger charge is 2.14. The minimum absolute atomic E-state index is 0.131. The number of amides is 1. The van der Waals surface area contributed by atoms with Gasteiger partial charge in [-0.05, 0) is 49.4 Å². The van der Waals surface area contributed by atoms with Crippen LogP contribution >= 0.6 is 0 Å². The van der Waals surface area contributed by atoms with Gasteiger partial charge in [0.05, 0.1) is 18.0 Å². The summed E-state index contributed by atoms with van der Waals surface area (Å²) < 4.78 is 7.44. The van der Waals surface area contributed by atoms with Gasteiger partial charge in [-0.1, -0.05) is 6.07 Å². The van der Waals surface area contributed by atoms with E-state index in [4.69, 9.17) is 10.00 Å². The number of hydrogen-bond acceptors (Lipinski definition) is 4. The second-order valence-corrected chi connectivity index (χ2v) is 5.44. The molecule has 1 amide bonds. The van der Waals surface area contributed by atoms with E-state index < -0.39 is 0 Å². The molecule has 0 saturated carbocycles. The predicted octanol–water partition coefficient (Wildman–Crippen LogP) is 3.75. The summed E-state index contributed by atoms with van der Waals surface area (Å²) >= 11 is 0. The molecule has 1 atom stereocenters. The number of rotatable bonds is 5. The number of aromatic nitrogens is 2. The van der Waals surface area contributed by atoms with Crippen molar-refractivity contribution in [3.05, 3.63) is 72.8 Å². The molecular weight excluding hydrogens is 316 g/mol. The molecule has 0 radical (unpaired) electrons. The molecule has 0 bridgehead atoms. The van der Waals surface area contributed by atoms with Crippen LogP contribution in [0.4, 0.5) is 5.69 Å². The molecule has 6 nitrogen and oxygen atoms in total. The first-order valence-electron chi connectivity index (χ1n) is 7.72. The van der Waals surface area contributed by atoms with Crippen LogP contribution in [0.5, 0.6) is 11.5 Å². The van der Waals surface area contributed by atoms with E-state index in [9.17, 15) is 4.79 Å². The number of imidazole rings is 1. The first-order valence-corrected chi connectivity index (χ1v) is 7.72. The molecule has 0 saturated heterocycles. The van der Waals surface area contributed by atoms with Gasteiger partial charge in [0.2, 0.25) is 5.91 Å². The molecule has 0 aliphatic carbocycles. The van der Waals surface area contributed by atoms with Crippen LogP contribution in [0.1, 0.15) is 18.5 Å². The SMILES string of the molecule is CC(C(=O)Nc1ccc(Oc2cccc(C#N)c2)cc1)n1ccnc1. The number of carbonyl (C=O) groups is 1. The van der Waals surface area contributed by atoms with Crippen molar-refractivity contribution in [3.63, 3.8) is 0 Å². The van der Waals surface area contributed by atoms with Crippen LogP contribution in [0.3, 0.4) is 0 Å². The Morgan fingerprint density at radius 2 is 2.04 bits per heavy atom. The number of ether oxygens (including phenoxy) is 1. The van der Waals surface area contributed by atoms with Crippen LogP contribution in [-0.4, -0.2) is 15.5 Å². The Morgan fingerprint density at radius 1 is 1.24 bits per heavy atom. The Hall–Kier alpha value is -3.59. The number of nitrogens with zero attached hydrogens (tertiary/aromatic N) is 3. The van der Waals surface area contributed by atoms with Gasteiger partial charge in [-0.2, -0.15) is 5.26 Å². The molecule has 0 spiro atoms. The Balaban J connectivity index is 1.64. The van der Waals surface area contributed by atoms with E-state index in [1.165, 1.54) is 0 Å². The quantitative estimate of drug-likeness (QED) is 0.771. The van der Waals surface area contributed by atoms with E-state index in [1.807, 2.05) is 0 Å². The fourth-order valence-corrected chi connectivity index (χ4v) is 2.25. The average molecular weight is 332 g/mol. The lowest BCUT2D eigenvalue weighted by Crippen LogP contribution is -2.22. The number of anilines is 1. The van der Waals surface area contributed by atoms with Gasteiger partial charge >= 0.3 is 0 Å². The Labute approximate surface area is 145 Å². The molecule has 2 aromatic carbocycles. The van der Waals surface area contributed by atoms with Gasteiger partial charge in [-0.15, -0.1) is 0 Å². The molecule has 124 valence electrons. The van der Waals surface area contributed by atoms with Gasteiger partial charge in [0.25, 0.3) is 0 Å². The van der Waals surface area contributed by atoms with Crippen molar-refractivity contribution in [2.45, 2.75) is 13.0 Å². The van der Waals surface area contributed by atoms with E-state index in [0.29, 0.717) is 22.7 Å². The molecule has 0 fully saturated rings. The molecule has 0 aliphatic rings. The molecule has 6 heteroatoms. The lowest BCUT2D eigenvalue weighted by molar-refractivity contribution is -0.118. The van der Waals surface area contributed by atoms with Crippen LogP contribution in [0, 0.1) is 11.3 Å². The van der Waals surface area contributed by atoms with Crippen LogP contribution in [0.25, 0.3) is 0 Å². The van der Waals surface area contributed by atoms with Crippen LogP contribution in [0.2, 0.25) is 0 Å². The third-order valence-corrected chi connectivity index (χ3v) is 3.67. The van der Waals surface area contributed by atoms with Gasteiger partial charge in [-0.25, -0.2) is 4.98 Å². The average Bonchev–Trinajstić information content (AvgIpc) is 3.17. The van der Waals surface area contributed by atoms with E-state index in [2.05, 4.69) is 16.4 Å². The van der Waals surface area contributed by atoms with Crippen LogP contribution in [0.15, 0.2) is 67.3 Å². The largest absolute Gasteiger partial charge is 0.457 e. The summed E-state index contributed by atoms with van der Waals surface area (Å²) in [5.41, 5.74) is 1.21. The molecule has 25 heavy (non-hydrogen) atoms. The van der Waals surface area contributed by atoms with Crippen molar-refractivity contribution in [3.8, 4) is 17.6 Å². The molecule has 1 heterocycles. The van der Waals surface area contributed by atoms with Crippen molar-refractivity contribution < 1.29 is 9.53 Å². The maximum atomic E-state index is 12.2. The minimum atomic E-state index is -0.354. The van der Waals surface area contributed by atoms with E-state index in [-0.39, 0.29) is 11.9 Å². The number of benzene rings is 2. The summed E-state index contributed by atoms with van der Waals surface area (Å²) in [4.78, 5) is 16.2. The van der Waals surface area contributed by atoms with E-state index >= 15 is 0 Å². The second kappa shape index (κ2) is 7.32. The summed E-state index contributed by atoms with van der Waals surface area (Å²) in [6.45, 7) is 1.80. The van der Waals surface area contributed by atoms with E-state index in [1.54, 1.807) is 78.7 Å². The summed E-state index contributed by atoms with van der Waals surface area (Å²) in [6.07, 6.45) is 4.99. The maximum Gasteiger partial charge on any atom is 0.247 e. The van der Waals surface area contributed by atoms with Gasteiger partial charge in [0.1, 0.15) is 17.5 Å². The fourth-order valence-electron chi connectivity index (χ4n) is 2.25. The first kappa shape index (κ1) is 16.3. The number of nitrogens with one attached hydrogen (secondary N) is 1. The highest BCUT2D eigenvalue weighted by atomic mass is 16.5. The zero-order valence-corrected chi connectivity index (χ0v) is 13.6.